The van der Waals surface area contributed by atoms with Crippen molar-refractivity contribution in [1.82, 2.24) is 0 Å². The van der Waals surface area contributed by atoms with Crippen molar-refractivity contribution in [3.8, 4) is 0 Å². The summed E-state index contributed by atoms with van der Waals surface area (Å²) in [6.45, 7) is 2.50. The van der Waals surface area contributed by atoms with Crippen molar-refractivity contribution >= 4 is 21.5 Å². The van der Waals surface area contributed by atoms with E-state index in [2.05, 4.69) is 5.32 Å². The van der Waals surface area contributed by atoms with Gasteiger partial charge in [-0.15, -0.1) is 0 Å². The summed E-state index contributed by atoms with van der Waals surface area (Å²) in [6.07, 6.45) is 0. The molecule has 0 fully saturated rings. The fourth-order valence-corrected chi connectivity index (χ4v) is 2.30. The maximum absolute atomic E-state index is 12.6. The quantitative estimate of drug-likeness (QED) is 0.869. The summed E-state index contributed by atoms with van der Waals surface area (Å²) >= 11 is 0. The van der Waals surface area contributed by atoms with Gasteiger partial charge in [-0.3, -0.25) is 4.79 Å². The summed E-state index contributed by atoms with van der Waals surface area (Å²) in [5, 5.41) is 11.4. The van der Waals surface area contributed by atoms with Crippen LogP contribution in [0, 0.1) is 5.41 Å². The standard InChI is InChI=1S/C12H14F3NO4S/c1-11(2,10(17)18)7-16-8-5-3-4-6-9(8)21(19,20)12(13,14)15/h3-6,16H,7H2,1-2H3,(H,17,18). The molecular formula is C12H14F3NO4S. The number of aliphatic carboxylic acids is 1. The molecule has 9 heteroatoms. The van der Waals surface area contributed by atoms with E-state index in [0.717, 1.165) is 18.2 Å². The molecule has 0 aliphatic carbocycles. The second-order valence-electron chi connectivity index (χ2n) is 4.99. The zero-order chi connectivity index (χ0) is 16.5. The smallest absolute Gasteiger partial charge is 0.481 e. The van der Waals surface area contributed by atoms with Gasteiger partial charge >= 0.3 is 11.5 Å². The molecule has 0 atom stereocenters. The van der Waals surface area contributed by atoms with Gasteiger partial charge in [0.1, 0.15) is 0 Å². The number of anilines is 1. The minimum absolute atomic E-state index is 0.229. The second kappa shape index (κ2) is 5.55. The Balaban J connectivity index is 3.16. The van der Waals surface area contributed by atoms with Crippen LogP contribution in [-0.2, 0) is 14.6 Å². The summed E-state index contributed by atoms with van der Waals surface area (Å²) in [4.78, 5) is 10.0. The van der Waals surface area contributed by atoms with Crippen molar-refractivity contribution in [2.75, 3.05) is 11.9 Å². The molecular weight excluding hydrogens is 311 g/mol. The molecule has 0 bridgehead atoms. The van der Waals surface area contributed by atoms with Gasteiger partial charge in [0, 0.05) is 6.54 Å². The second-order valence-corrected chi connectivity index (χ2v) is 6.90. The van der Waals surface area contributed by atoms with Crippen molar-refractivity contribution in [1.29, 1.82) is 0 Å². The lowest BCUT2D eigenvalue weighted by atomic mass is 9.94. The van der Waals surface area contributed by atoms with E-state index in [0.29, 0.717) is 0 Å². The van der Waals surface area contributed by atoms with Crippen molar-refractivity contribution in [3.63, 3.8) is 0 Å². The molecule has 2 N–H and O–H groups in total. The van der Waals surface area contributed by atoms with Gasteiger partial charge < -0.3 is 10.4 Å². The molecule has 0 aromatic heterocycles. The van der Waals surface area contributed by atoms with Crippen LogP contribution in [-0.4, -0.2) is 31.5 Å². The number of sulfone groups is 1. The average molecular weight is 325 g/mol. The van der Waals surface area contributed by atoms with E-state index in [4.69, 9.17) is 5.11 Å². The topological polar surface area (TPSA) is 83.5 Å². The van der Waals surface area contributed by atoms with E-state index in [1.807, 2.05) is 0 Å². The largest absolute Gasteiger partial charge is 0.501 e. The normalized spacial score (nSPS) is 13.0. The van der Waals surface area contributed by atoms with Crippen molar-refractivity contribution in [3.05, 3.63) is 24.3 Å². The highest BCUT2D eigenvalue weighted by atomic mass is 32.2. The third kappa shape index (κ3) is 3.66. The number of para-hydroxylation sites is 1. The predicted molar refractivity (Wildman–Crippen MR) is 69.6 cm³/mol. The molecule has 0 aliphatic heterocycles. The zero-order valence-corrected chi connectivity index (χ0v) is 12.0. The highest BCUT2D eigenvalue weighted by molar-refractivity contribution is 7.92. The van der Waals surface area contributed by atoms with Gasteiger partial charge in [-0.1, -0.05) is 12.1 Å². The minimum atomic E-state index is -5.50. The first-order chi connectivity index (χ1) is 9.39. The highest BCUT2D eigenvalue weighted by Gasteiger charge is 2.48. The highest BCUT2D eigenvalue weighted by Crippen LogP contribution is 2.34. The van der Waals surface area contributed by atoms with Gasteiger partial charge in [0.25, 0.3) is 9.84 Å². The molecule has 0 radical (unpaired) electrons. The summed E-state index contributed by atoms with van der Waals surface area (Å²) in [7, 11) is -5.50. The SMILES string of the molecule is CC(C)(CNc1ccccc1S(=O)(=O)C(F)(F)F)C(=O)O. The van der Waals surface area contributed by atoms with Crippen LogP contribution in [0.15, 0.2) is 29.2 Å². The molecule has 0 spiro atoms. The Bertz CT molecular complexity index is 638. The lowest BCUT2D eigenvalue weighted by Crippen LogP contribution is -2.32. The number of rotatable bonds is 5. The molecule has 1 rings (SSSR count). The number of alkyl halides is 3. The van der Waals surface area contributed by atoms with E-state index in [1.165, 1.54) is 19.9 Å². The van der Waals surface area contributed by atoms with Gasteiger partial charge in [0.2, 0.25) is 0 Å². The van der Waals surface area contributed by atoms with Crippen molar-refractivity contribution in [2.24, 2.45) is 5.41 Å². The Morgan fingerprint density at radius 1 is 1.24 bits per heavy atom. The van der Waals surface area contributed by atoms with Gasteiger partial charge in [-0.05, 0) is 26.0 Å². The predicted octanol–water partition coefficient (Wildman–Crippen LogP) is 2.50. The fraction of sp³-hybridized carbons (Fsp3) is 0.417. The summed E-state index contributed by atoms with van der Waals surface area (Å²) in [5.74, 6) is -1.16. The number of carbonyl (C=O) groups is 1. The molecule has 0 saturated carbocycles. The van der Waals surface area contributed by atoms with Gasteiger partial charge in [0.15, 0.2) is 0 Å². The molecule has 21 heavy (non-hydrogen) atoms. The maximum Gasteiger partial charge on any atom is 0.501 e. The van der Waals surface area contributed by atoms with Crippen LogP contribution >= 0.6 is 0 Å². The maximum atomic E-state index is 12.6. The summed E-state index contributed by atoms with van der Waals surface area (Å²) < 4.78 is 60.7. The lowest BCUT2D eigenvalue weighted by Gasteiger charge is -2.21. The number of hydrogen-bond acceptors (Lipinski definition) is 4. The first kappa shape index (κ1) is 17.3. The van der Waals surface area contributed by atoms with Crippen LogP contribution in [0.2, 0.25) is 0 Å². The average Bonchev–Trinajstić information content (AvgIpc) is 2.35. The number of benzene rings is 1. The Labute approximate surface area is 119 Å². The number of carboxylic acids is 1. The molecule has 1 aromatic rings. The molecule has 0 unspecified atom stereocenters. The van der Waals surface area contributed by atoms with E-state index in [9.17, 15) is 26.4 Å². The Morgan fingerprint density at radius 2 is 1.76 bits per heavy atom. The Kier molecular flexibility index (Phi) is 4.57. The number of carboxylic acid groups (broad SMARTS) is 1. The lowest BCUT2D eigenvalue weighted by molar-refractivity contribution is -0.146. The third-order valence-electron chi connectivity index (χ3n) is 2.78. The summed E-state index contributed by atoms with van der Waals surface area (Å²) in [6, 6.07) is 4.48. The Morgan fingerprint density at radius 3 is 2.24 bits per heavy atom. The number of halogens is 3. The van der Waals surface area contributed by atoms with Crippen LogP contribution in [0.4, 0.5) is 18.9 Å². The van der Waals surface area contributed by atoms with Gasteiger partial charge in [-0.2, -0.15) is 13.2 Å². The Hall–Kier alpha value is -1.77. The third-order valence-corrected chi connectivity index (χ3v) is 4.33. The first-order valence-electron chi connectivity index (χ1n) is 5.77. The first-order valence-corrected chi connectivity index (χ1v) is 7.25. The van der Waals surface area contributed by atoms with E-state index in [1.54, 1.807) is 0 Å². The fourth-order valence-electron chi connectivity index (χ4n) is 1.36. The van der Waals surface area contributed by atoms with Crippen LogP contribution in [0.1, 0.15) is 13.8 Å². The zero-order valence-electron chi connectivity index (χ0n) is 11.2. The van der Waals surface area contributed by atoms with Crippen molar-refractivity contribution < 1.29 is 31.5 Å². The van der Waals surface area contributed by atoms with Gasteiger partial charge in [0.05, 0.1) is 16.0 Å². The van der Waals surface area contributed by atoms with Crippen LogP contribution in [0.3, 0.4) is 0 Å². The van der Waals surface area contributed by atoms with Gasteiger partial charge in [-0.25, -0.2) is 8.42 Å². The molecule has 0 amide bonds. The van der Waals surface area contributed by atoms with Crippen LogP contribution in [0.5, 0.6) is 0 Å². The molecule has 0 heterocycles. The van der Waals surface area contributed by atoms with Crippen LogP contribution < -0.4 is 5.32 Å². The summed E-state index contributed by atoms with van der Waals surface area (Å²) in [5.41, 5.74) is -6.98. The van der Waals surface area contributed by atoms with E-state index in [-0.39, 0.29) is 12.2 Å². The van der Waals surface area contributed by atoms with E-state index < -0.39 is 31.6 Å². The van der Waals surface area contributed by atoms with Crippen molar-refractivity contribution in [2.45, 2.75) is 24.3 Å². The molecule has 1 aromatic carbocycles. The monoisotopic (exact) mass is 325 g/mol. The molecule has 0 aliphatic rings. The molecule has 5 nitrogen and oxygen atoms in total. The number of nitrogens with one attached hydrogen (secondary N) is 1. The van der Waals surface area contributed by atoms with Crippen LogP contribution in [0.25, 0.3) is 0 Å². The number of hydrogen-bond donors (Lipinski definition) is 2. The van der Waals surface area contributed by atoms with E-state index >= 15 is 0 Å². The molecule has 118 valence electrons. The minimum Gasteiger partial charge on any atom is -0.481 e. The molecule has 0 saturated heterocycles.